The number of hydrogen-bond donors (Lipinski definition) is 1. The molecule has 2 heterocycles. The van der Waals surface area contributed by atoms with Crippen molar-refractivity contribution in [3.8, 4) is 11.5 Å². The predicted molar refractivity (Wildman–Crippen MR) is 77.2 cm³/mol. The fraction of sp³-hybridized carbons (Fsp3) is 0.214. The zero-order valence-corrected chi connectivity index (χ0v) is 11.9. The van der Waals surface area contributed by atoms with Gasteiger partial charge in [0.15, 0.2) is 0 Å². The molecular weight excluding hydrogens is 272 g/mol. The van der Waals surface area contributed by atoms with Crippen LogP contribution in [0.25, 0.3) is 11.1 Å². The van der Waals surface area contributed by atoms with Crippen LogP contribution < -0.4 is 14.8 Å². The Bertz CT molecular complexity index is 785. The standard InChI is InChI=1S/C14H14N4O3/c1-8-12-13(15-7-16-14(12)21-18-8)17-10-5-4-9(19-2)6-11(10)20-3/h4-7H,1-3H3,(H,15,16,17). The molecule has 2 aromatic heterocycles. The molecule has 1 N–H and O–H groups in total. The minimum Gasteiger partial charge on any atom is -0.497 e. The second kappa shape index (κ2) is 5.28. The van der Waals surface area contributed by atoms with Gasteiger partial charge in [-0.05, 0) is 19.1 Å². The van der Waals surface area contributed by atoms with E-state index in [0.29, 0.717) is 23.0 Å². The van der Waals surface area contributed by atoms with Crippen molar-refractivity contribution in [2.75, 3.05) is 19.5 Å². The van der Waals surface area contributed by atoms with E-state index in [0.717, 1.165) is 16.8 Å². The summed E-state index contributed by atoms with van der Waals surface area (Å²) >= 11 is 0. The van der Waals surface area contributed by atoms with Crippen LogP contribution in [0, 0.1) is 6.92 Å². The van der Waals surface area contributed by atoms with E-state index in [1.807, 2.05) is 19.1 Å². The van der Waals surface area contributed by atoms with E-state index >= 15 is 0 Å². The Labute approximate surface area is 120 Å². The van der Waals surface area contributed by atoms with E-state index < -0.39 is 0 Å². The van der Waals surface area contributed by atoms with Crippen LogP contribution >= 0.6 is 0 Å². The van der Waals surface area contributed by atoms with Crippen LogP contribution in [0.2, 0.25) is 0 Å². The van der Waals surface area contributed by atoms with E-state index in [9.17, 15) is 0 Å². The summed E-state index contributed by atoms with van der Waals surface area (Å²) in [7, 11) is 3.20. The Kier molecular flexibility index (Phi) is 3.31. The van der Waals surface area contributed by atoms with E-state index in [4.69, 9.17) is 14.0 Å². The highest BCUT2D eigenvalue weighted by Crippen LogP contribution is 2.33. The average Bonchev–Trinajstić information content (AvgIpc) is 2.90. The summed E-state index contributed by atoms with van der Waals surface area (Å²) in [6.07, 6.45) is 1.42. The number of aromatic nitrogens is 3. The summed E-state index contributed by atoms with van der Waals surface area (Å²) in [5, 5.41) is 7.86. The van der Waals surface area contributed by atoms with E-state index in [1.165, 1.54) is 6.33 Å². The van der Waals surface area contributed by atoms with Crippen LogP contribution in [0.15, 0.2) is 29.0 Å². The van der Waals surface area contributed by atoms with Gasteiger partial charge in [-0.15, -0.1) is 0 Å². The zero-order valence-electron chi connectivity index (χ0n) is 11.9. The Morgan fingerprint density at radius 3 is 2.76 bits per heavy atom. The molecule has 0 saturated carbocycles. The largest absolute Gasteiger partial charge is 0.497 e. The van der Waals surface area contributed by atoms with Crippen molar-refractivity contribution >= 4 is 22.6 Å². The molecule has 0 aliphatic carbocycles. The lowest BCUT2D eigenvalue weighted by Crippen LogP contribution is -1.98. The van der Waals surface area contributed by atoms with Gasteiger partial charge < -0.3 is 19.3 Å². The van der Waals surface area contributed by atoms with Gasteiger partial charge in [0.25, 0.3) is 5.71 Å². The zero-order chi connectivity index (χ0) is 14.8. The number of hydrogen-bond acceptors (Lipinski definition) is 7. The van der Waals surface area contributed by atoms with Crippen LogP contribution in [-0.4, -0.2) is 29.3 Å². The smallest absolute Gasteiger partial charge is 0.263 e. The molecule has 0 spiro atoms. The number of ether oxygens (including phenoxy) is 2. The van der Waals surface area contributed by atoms with Gasteiger partial charge >= 0.3 is 0 Å². The van der Waals surface area contributed by atoms with Crippen molar-refractivity contribution in [3.63, 3.8) is 0 Å². The maximum Gasteiger partial charge on any atom is 0.263 e. The molecule has 0 aliphatic rings. The molecule has 3 aromatic rings. The Balaban J connectivity index is 2.04. The first-order valence-corrected chi connectivity index (χ1v) is 6.29. The van der Waals surface area contributed by atoms with E-state index in [-0.39, 0.29) is 0 Å². The quantitative estimate of drug-likeness (QED) is 0.789. The van der Waals surface area contributed by atoms with Crippen molar-refractivity contribution in [1.29, 1.82) is 0 Å². The molecular formula is C14H14N4O3. The first-order chi connectivity index (χ1) is 10.2. The Morgan fingerprint density at radius 2 is 2.00 bits per heavy atom. The second-order valence-corrected chi connectivity index (χ2v) is 4.36. The number of rotatable bonds is 4. The third-order valence-corrected chi connectivity index (χ3v) is 3.11. The molecule has 0 unspecified atom stereocenters. The van der Waals surface area contributed by atoms with Crippen molar-refractivity contribution < 1.29 is 14.0 Å². The summed E-state index contributed by atoms with van der Waals surface area (Å²) in [4.78, 5) is 8.29. The number of benzene rings is 1. The summed E-state index contributed by atoms with van der Waals surface area (Å²) in [6, 6.07) is 5.49. The first-order valence-electron chi connectivity index (χ1n) is 6.29. The van der Waals surface area contributed by atoms with Gasteiger partial charge in [-0.25, -0.2) is 4.98 Å². The van der Waals surface area contributed by atoms with Crippen molar-refractivity contribution in [2.24, 2.45) is 0 Å². The first kappa shape index (κ1) is 13.2. The molecule has 0 radical (unpaired) electrons. The summed E-state index contributed by atoms with van der Waals surface area (Å²) in [5.74, 6) is 1.98. The fourth-order valence-electron chi connectivity index (χ4n) is 2.05. The Morgan fingerprint density at radius 1 is 1.14 bits per heavy atom. The molecule has 1 aromatic carbocycles. The normalized spacial score (nSPS) is 10.6. The van der Waals surface area contributed by atoms with Crippen molar-refractivity contribution in [2.45, 2.75) is 6.92 Å². The maximum atomic E-state index is 5.36. The van der Waals surface area contributed by atoms with Crippen LogP contribution in [0.3, 0.4) is 0 Å². The van der Waals surface area contributed by atoms with Crippen LogP contribution in [0.1, 0.15) is 5.69 Å². The number of methoxy groups -OCH3 is 2. The van der Waals surface area contributed by atoms with Gasteiger partial charge in [-0.3, -0.25) is 0 Å². The monoisotopic (exact) mass is 286 g/mol. The molecule has 108 valence electrons. The molecule has 0 atom stereocenters. The lowest BCUT2D eigenvalue weighted by Gasteiger charge is -2.12. The summed E-state index contributed by atoms with van der Waals surface area (Å²) in [6.45, 7) is 1.84. The maximum absolute atomic E-state index is 5.36. The third-order valence-electron chi connectivity index (χ3n) is 3.11. The minimum atomic E-state index is 0.442. The SMILES string of the molecule is COc1ccc(Nc2ncnc3onc(C)c23)c(OC)c1. The molecule has 0 saturated heterocycles. The third kappa shape index (κ3) is 2.33. The van der Waals surface area contributed by atoms with Gasteiger partial charge in [-0.1, -0.05) is 5.16 Å². The molecule has 21 heavy (non-hydrogen) atoms. The molecule has 7 heteroatoms. The van der Waals surface area contributed by atoms with Gasteiger partial charge in [-0.2, -0.15) is 4.98 Å². The number of fused-ring (bicyclic) bond motifs is 1. The second-order valence-electron chi connectivity index (χ2n) is 4.36. The Hall–Kier alpha value is -2.83. The lowest BCUT2D eigenvalue weighted by molar-refractivity contribution is 0.395. The van der Waals surface area contributed by atoms with Crippen LogP contribution in [0.4, 0.5) is 11.5 Å². The van der Waals surface area contributed by atoms with Gasteiger partial charge in [0.2, 0.25) is 0 Å². The van der Waals surface area contributed by atoms with Crippen LogP contribution in [-0.2, 0) is 0 Å². The number of aryl methyl sites for hydroxylation is 1. The van der Waals surface area contributed by atoms with Crippen molar-refractivity contribution in [1.82, 2.24) is 15.1 Å². The molecule has 0 aliphatic heterocycles. The number of anilines is 2. The highest BCUT2D eigenvalue weighted by Gasteiger charge is 2.14. The predicted octanol–water partition coefficient (Wildman–Crippen LogP) is 2.69. The van der Waals surface area contributed by atoms with Crippen LogP contribution in [0.5, 0.6) is 11.5 Å². The van der Waals surface area contributed by atoms with Gasteiger partial charge in [0.05, 0.1) is 25.6 Å². The minimum absolute atomic E-state index is 0.442. The van der Waals surface area contributed by atoms with E-state index in [2.05, 4.69) is 20.4 Å². The number of nitrogens with one attached hydrogen (secondary N) is 1. The highest BCUT2D eigenvalue weighted by atomic mass is 16.5. The molecule has 7 nitrogen and oxygen atoms in total. The van der Waals surface area contributed by atoms with Crippen molar-refractivity contribution in [3.05, 3.63) is 30.2 Å². The summed E-state index contributed by atoms with van der Waals surface area (Å²) in [5.41, 5.74) is 1.93. The molecule has 0 bridgehead atoms. The topological polar surface area (TPSA) is 82.3 Å². The fourth-order valence-corrected chi connectivity index (χ4v) is 2.05. The summed E-state index contributed by atoms with van der Waals surface area (Å²) < 4.78 is 15.7. The van der Waals surface area contributed by atoms with Gasteiger partial charge in [0, 0.05) is 6.07 Å². The molecule has 0 fully saturated rings. The lowest BCUT2D eigenvalue weighted by atomic mass is 10.2. The van der Waals surface area contributed by atoms with Gasteiger partial charge in [0.1, 0.15) is 29.0 Å². The van der Waals surface area contributed by atoms with E-state index in [1.54, 1.807) is 20.3 Å². The molecule has 3 rings (SSSR count). The average molecular weight is 286 g/mol. The number of nitrogens with zero attached hydrogens (tertiary/aromatic N) is 3. The molecule has 0 amide bonds. The highest BCUT2D eigenvalue weighted by molar-refractivity contribution is 5.89.